The Kier molecular flexibility index (Phi) is 6.48. The van der Waals surface area contributed by atoms with Crippen molar-refractivity contribution in [3.8, 4) is 0 Å². The molecule has 1 aliphatic rings. The summed E-state index contributed by atoms with van der Waals surface area (Å²) < 4.78 is 5.88. The fraction of sp³-hybridized carbons (Fsp3) is 0.500. The van der Waals surface area contributed by atoms with E-state index < -0.39 is 0 Å². The minimum absolute atomic E-state index is 0.0285. The molecule has 0 aromatic heterocycles. The van der Waals surface area contributed by atoms with Gasteiger partial charge in [0.1, 0.15) is 0 Å². The molecular formula is C18H25NO2. The van der Waals surface area contributed by atoms with Crippen LogP contribution in [0.5, 0.6) is 0 Å². The van der Waals surface area contributed by atoms with E-state index in [9.17, 15) is 4.79 Å². The van der Waals surface area contributed by atoms with Crippen LogP contribution in [0.25, 0.3) is 0 Å². The minimum atomic E-state index is -0.0285. The van der Waals surface area contributed by atoms with E-state index in [2.05, 4.69) is 17.5 Å². The summed E-state index contributed by atoms with van der Waals surface area (Å²) in [7, 11) is 0. The van der Waals surface area contributed by atoms with Crippen molar-refractivity contribution in [2.45, 2.75) is 45.1 Å². The molecule has 1 aromatic carbocycles. The third-order valence-electron chi connectivity index (χ3n) is 3.77. The molecule has 1 aromatic rings. The van der Waals surface area contributed by atoms with Gasteiger partial charge in [-0.2, -0.15) is 0 Å². The van der Waals surface area contributed by atoms with Crippen molar-refractivity contribution in [2.75, 3.05) is 13.2 Å². The molecule has 1 amide bonds. The average molecular weight is 287 g/mol. The Bertz CT molecular complexity index is 465. The number of hydrogen-bond donors (Lipinski definition) is 1. The summed E-state index contributed by atoms with van der Waals surface area (Å²) in [5.74, 6) is -0.0285. The van der Waals surface area contributed by atoms with Crippen molar-refractivity contribution in [3.63, 3.8) is 0 Å². The second-order valence-electron chi connectivity index (χ2n) is 5.59. The Balaban J connectivity index is 1.65. The van der Waals surface area contributed by atoms with E-state index in [-0.39, 0.29) is 5.91 Å². The van der Waals surface area contributed by atoms with Crippen LogP contribution in [0.1, 0.15) is 48.0 Å². The molecule has 1 aliphatic carbocycles. The fourth-order valence-electron chi connectivity index (χ4n) is 2.49. The molecule has 0 saturated heterocycles. The van der Waals surface area contributed by atoms with Crippen molar-refractivity contribution in [1.29, 1.82) is 0 Å². The van der Waals surface area contributed by atoms with Crippen molar-refractivity contribution in [3.05, 3.63) is 47.5 Å². The largest absolute Gasteiger partial charge is 0.376 e. The summed E-state index contributed by atoms with van der Waals surface area (Å²) in [4.78, 5) is 11.9. The van der Waals surface area contributed by atoms with Gasteiger partial charge in [0.2, 0.25) is 0 Å². The Hall–Kier alpha value is -1.61. The first-order valence-corrected chi connectivity index (χ1v) is 7.87. The van der Waals surface area contributed by atoms with E-state index in [1.165, 1.54) is 6.42 Å². The average Bonchev–Trinajstić information content (AvgIpc) is 2.45. The van der Waals surface area contributed by atoms with E-state index in [0.29, 0.717) is 24.8 Å². The van der Waals surface area contributed by atoms with Gasteiger partial charge in [-0.3, -0.25) is 4.79 Å². The van der Waals surface area contributed by atoms with Gasteiger partial charge in [-0.05, 0) is 51.2 Å². The topological polar surface area (TPSA) is 38.3 Å². The third-order valence-corrected chi connectivity index (χ3v) is 3.77. The zero-order chi connectivity index (χ0) is 14.9. The van der Waals surface area contributed by atoms with Gasteiger partial charge in [-0.1, -0.05) is 29.8 Å². The summed E-state index contributed by atoms with van der Waals surface area (Å²) >= 11 is 0. The van der Waals surface area contributed by atoms with Gasteiger partial charge < -0.3 is 10.1 Å². The van der Waals surface area contributed by atoms with Crippen molar-refractivity contribution in [1.82, 2.24) is 5.32 Å². The Labute approximate surface area is 127 Å². The Morgan fingerprint density at radius 2 is 1.95 bits per heavy atom. The smallest absolute Gasteiger partial charge is 0.251 e. The Morgan fingerprint density at radius 3 is 2.76 bits per heavy atom. The SMILES string of the molecule is Cc1ccc(C(=O)NCCOC2CC/C=C/CCC2)cc1. The summed E-state index contributed by atoms with van der Waals surface area (Å²) in [6, 6.07) is 7.61. The first-order chi connectivity index (χ1) is 10.3. The molecular weight excluding hydrogens is 262 g/mol. The molecule has 1 unspecified atom stereocenters. The molecule has 3 heteroatoms. The summed E-state index contributed by atoms with van der Waals surface area (Å²) in [5, 5.41) is 2.91. The van der Waals surface area contributed by atoms with Crippen LogP contribution in [0.3, 0.4) is 0 Å². The molecule has 0 aliphatic heterocycles. The first-order valence-electron chi connectivity index (χ1n) is 7.87. The first kappa shape index (κ1) is 15.8. The summed E-state index contributed by atoms with van der Waals surface area (Å²) in [6.45, 7) is 3.17. The standard InChI is InChI=1S/C18H25NO2/c1-15-9-11-16(12-10-15)18(20)19-13-14-21-17-7-5-3-2-4-6-8-17/h2-3,9-12,17H,4-8,13-14H2,1H3,(H,19,20)/b3-2+. The van der Waals surface area contributed by atoms with Crippen LogP contribution in [0.2, 0.25) is 0 Å². The number of carbonyl (C=O) groups is 1. The van der Waals surface area contributed by atoms with Crippen molar-refractivity contribution < 1.29 is 9.53 Å². The molecule has 3 nitrogen and oxygen atoms in total. The van der Waals surface area contributed by atoms with E-state index >= 15 is 0 Å². The molecule has 1 atom stereocenters. The monoisotopic (exact) mass is 287 g/mol. The maximum absolute atomic E-state index is 11.9. The van der Waals surface area contributed by atoms with E-state index in [0.717, 1.165) is 31.2 Å². The Morgan fingerprint density at radius 1 is 1.19 bits per heavy atom. The van der Waals surface area contributed by atoms with E-state index in [1.807, 2.05) is 31.2 Å². The van der Waals surface area contributed by atoms with Crippen LogP contribution in [0.4, 0.5) is 0 Å². The number of aryl methyl sites for hydroxylation is 1. The number of nitrogens with one attached hydrogen (secondary N) is 1. The highest BCUT2D eigenvalue weighted by Crippen LogP contribution is 2.15. The van der Waals surface area contributed by atoms with Crippen molar-refractivity contribution in [2.24, 2.45) is 0 Å². The highest BCUT2D eigenvalue weighted by molar-refractivity contribution is 5.94. The van der Waals surface area contributed by atoms with E-state index in [1.54, 1.807) is 0 Å². The lowest BCUT2D eigenvalue weighted by Gasteiger charge is -2.18. The molecule has 21 heavy (non-hydrogen) atoms. The van der Waals surface area contributed by atoms with Crippen LogP contribution < -0.4 is 5.32 Å². The minimum Gasteiger partial charge on any atom is -0.376 e. The van der Waals surface area contributed by atoms with E-state index in [4.69, 9.17) is 4.74 Å². The summed E-state index contributed by atoms with van der Waals surface area (Å²) in [6.07, 6.45) is 10.5. The van der Waals surface area contributed by atoms with Gasteiger partial charge in [0.25, 0.3) is 5.91 Å². The molecule has 0 spiro atoms. The molecule has 0 radical (unpaired) electrons. The van der Waals surface area contributed by atoms with Crippen LogP contribution >= 0.6 is 0 Å². The van der Waals surface area contributed by atoms with Gasteiger partial charge >= 0.3 is 0 Å². The molecule has 0 heterocycles. The number of ether oxygens (including phenoxy) is 1. The lowest BCUT2D eigenvalue weighted by Crippen LogP contribution is -2.29. The second kappa shape index (κ2) is 8.63. The van der Waals surface area contributed by atoms with Gasteiger partial charge in [-0.15, -0.1) is 0 Å². The van der Waals surface area contributed by atoms with Crippen LogP contribution in [-0.4, -0.2) is 25.2 Å². The molecule has 0 bridgehead atoms. The number of carbonyl (C=O) groups excluding carboxylic acids is 1. The summed E-state index contributed by atoms with van der Waals surface area (Å²) in [5.41, 5.74) is 1.87. The maximum atomic E-state index is 11.9. The van der Waals surface area contributed by atoms with Gasteiger partial charge in [-0.25, -0.2) is 0 Å². The highest BCUT2D eigenvalue weighted by atomic mass is 16.5. The number of benzene rings is 1. The highest BCUT2D eigenvalue weighted by Gasteiger charge is 2.10. The number of rotatable bonds is 5. The lowest BCUT2D eigenvalue weighted by molar-refractivity contribution is 0.0416. The zero-order valence-corrected chi connectivity index (χ0v) is 12.8. The van der Waals surface area contributed by atoms with Gasteiger partial charge in [0, 0.05) is 12.1 Å². The predicted octanol–water partition coefficient (Wildman–Crippen LogP) is 3.63. The number of amides is 1. The van der Waals surface area contributed by atoms with Gasteiger partial charge in [0.15, 0.2) is 0 Å². The van der Waals surface area contributed by atoms with Crippen LogP contribution in [0.15, 0.2) is 36.4 Å². The zero-order valence-electron chi connectivity index (χ0n) is 12.8. The lowest BCUT2D eigenvalue weighted by atomic mass is 10.0. The van der Waals surface area contributed by atoms with Crippen LogP contribution in [0, 0.1) is 6.92 Å². The molecule has 2 rings (SSSR count). The predicted molar refractivity (Wildman–Crippen MR) is 85.5 cm³/mol. The maximum Gasteiger partial charge on any atom is 0.251 e. The normalized spacial score (nSPS) is 20.3. The quantitative estimate of drug-likeness (QED) is 0.663. The van der Waals surface area contributed by atoms with Gasteiger partial charge in [0.05, 0.1) is 12.7 Å². The second-order valence-corrected chi connectivity index (χ2v) is 5.59. The number of allylic oxidation sites excluding steroid dienone is 2. The molecule has 1 N–H and O–H groups in total. The third kappa shape index (κ3) is 5.72. The molecule has 0 saturated carbocycles. The number of hydrogen-bond acceptors (Lipinski definition) is 2. The van der Waals surface area contributed by atoms with Crippen molar-refractivity contribution >= 4 is 5.91 Å². The van der Waals surface area contributed by atoms with Crippen LogP contribution in [-0.2, 0) is 4.74 Å². The molecule has 114 valence electrons. The fourth-order valence-corrected chi connectivity index (χ4v) is 2.49. The molecule has 0 fully saturated rings.